The lowest BCUT2D eigenvalue weighted by atomic mass is 9.94. The van der Waals surface area contributed by atoms with E-state index in [1.54, 1.807) is 11.3 Å². The first-order valence-electron chi connectivity index (χ1n) is 8.66. The highest BCUT2D eigenvalue weighted by Gasteiger charge is 2.25. The fraction of sp³-hybridized carbons (Fsp3) is 0.556. The molecule has 1 saturated heterocycles. The lowest BCUT2D eigenvalue weighted by Crippen LogP contribution is -2.46. The van der Waals surface area contributed by atoms with Crippen LogP contribution in [0.5, 0.6) is 0 Å². The third-order valence-electron chi connectivity index (χ3n) is 4.79. The quantitative estimate of drug-likeness (QED) is 0.903. The molecule has 6 heteroatoms. The van der Waals surface area contributed by atoms with Gasteiger partial charge in [-0.15, -0.1) is 11.3 Å². The zero-order chi connectivity index (χ0) is 16.9. The van der Waals surface area contributed by atoms with Crippen molar-refractivity contribution in [1.29, 1.82) is 0 Å². The summed E-state index contributed by atoms with van der Waals surface area (Å²) in [5, 5.41) is 5.19. The van der Waals surface area contributed by atoms with Crippen LogP contribution in [0.1, 0.15) is 36.4 Å². The number of carbonyl (C=O) groups is 1. The van der Waals surface area contributed by atoms with Gasteiger partial charge in [0.1, 0.15) is 5.82 Å². The van der Waals surface area contributed by atoms with Crippen LogP contribution in [0.2, 0.25) is 0 Å². The predicted octanol–water partition coefficient (Wildman–Crippen LogP) is 3.25. The second-order valence-electron chi connectivity index (χ2n) is 6.72. The number of nitrogens with one attached hydrogen (secondary N) is 1. The van der Waals surface area contributed by atoms with E-state index in [-0.39, 0.29) is 6.03 Å². The molecule has 0 bridgehead atoms. The van der Waals surface area contributed by atoms with Crippen molar-refractivity contribution in [3.63, 3.8) is 0 Å². The average molecular weight is 347 g/mol. The van der Waals surface area contributed by atoms with Gasteiger partial charge in [0.2, 0.25) is 0 Å². The Morgan fingerprint density at radius 2 is 2.42 bits per heavy atom. The van der Waals surface area contributed by atoms with Crippen LogP contribution < -0.4 is 5.32 Å². The van der Waals surface area contributed by atoms with Crippen LogP contribution in [0.15, 0.2) is 29.9 Å². The van der Waals surface area contributed by atoms with Gasteiger partial charge in [0, 0.05) is 56.3 Å². The number of carbonyl (C=O) groups excluding carboxylic acids is 1. The van der Waals surface area contributed by atoms with E-state index in [4.69, 9.17) is 0 Å². The van der Waals surface area contributed by atoms with Crippen LogP contribution in [0.4, 0.5) is 4.79 Å². The summed E-state index contributed by atoms with van der Waals surface area (Å²) >= 11 is 1.75. The predicted molar refractivity (Wildman–Crippen MR) is 97.3 cm³/mol. The number of nitrogens with zero attached hydrogens (tertiary/aromatic N) is 3. The standard InChI is InChI=1S/C18H26N4OS/c1-14(16-6-4-10-24-16)12-20-18(23)22-8-3-5-15(13-22)11-17-19-7-9-21(17)2/h4,6-7,9-10,14-15H,3,5,8,11-13H2,1-2H3,(H,20,23). The van der Waals surface area contributed by atoms with Crippen LogP contribution in [-0.2, 0) is 13.5 Å². The number of hydrogen-bond acceptors (Lipinski definition) is 3. The highest BCUT2D eigenvalue weighted by atomic mass is 32.1. The summed E-state index contributed by atoms with van der Waals surface area (Å²) in [6.07, 6.45) is 7.01. The summed E-state index contributed by atoms with van der Waals surface area (Å²) < 4.78 is 2.07. The van der Waals surface area contributed by atoms with Crippen LogP contribution in [0, 0.1) is 5.92 Å². The van der Waals surface area contributed by atoms with Crippen molar-refractivity contribution in [3.8, 4) is 0 Å². The largest absolute Gasteiger partial charge is 0.338 e. The van der Waals surface area contributed by atoms with Gasteiger partial charge in [0.15, 0.2) is 0 Å². The van der Waals surface area contributed by atoms with E-state index in [1.165, 1.54) is 11.3 Å². The van der Waals surface area contributed by atoms with Gasteiger partial charge in [-0.25, -0.2) is 9.78 Å². The summed E-state index contributed by atoms with van der Waals surface area (Å²) in [6, 6.07) is 4.26. The number of hydrogen-bond donors (Lipinski definition) is 1. The van der Waals surface area contributed by atoms with E-state index in [0.29, 0.717) is 18.4 Å². The normalized spacial score (nSPS) is 19.2. The number of aryl methyl sites for hydroxylation is 1. The summed E-state index contributed by atoms with van der Waals surface area (Å²) in [5.41, 5.74) is 0. The van der Waals surface area contributed by atoms with Crippen LogP contribution in [-0.4, -0.2) is 40.1 Å². The van der Waals surface area contributed by atoms with Gasteiger partial charge in [0.25, 0.3) is 0 Å². The van der Waals surface area contributed by atoms with Crippen molar-refractivity contribution >= 4 is 17.4 Å². The molecule has 1 aliphatic rings. The number of imidazole rings is 1. The second-order valence-corrected chi connectivity index (χ2v) is 7.69. The van der Waals surface area contributed by atoms with Gasteiger partial charge in [-0.1, -0.05) is 13.0 Å². The molecule has 3 heterocycles. The van der Waals surface area contributed by atoms with Crippen molar-refractivity contribution < 1.29 is 4.79 Å². The van der Waals surface area contributed by atoms with E-state index in [2.05, 4.69) is 39.3 Å². The van der Waals surface area contributed by atoms with Crippen molar-refractivity contribution in [2.45, 2.75) is 32.1 Å². The maximum Gasteiger partial charge on any atom is 0.317 e. The number of rotatable bonds is 5. The second kappa shape index (κ2) is 7.83. The Bertz CT molecular complexity index is 652. The highest BCUT2D eigenvalue weighted by molar-refractivity contribution is 7.10. The molecule has 1 aliphatic heterocycles. The van der Waals surface area contributed by atoms with Gasteiger partial charge in [0.05, 0.1) is 0 Å². The molecule has 0 spiro atoms. The molecule has 5 nitrogen and oxygen atoms in total. The monoisotopic (exact) mass is 346 g/mol. The molecule has 1 N–H and O–H groups in total. The maximum atomic E-state index is 12.5. The van der Waals surface area contributed by atoms with Crippen molar-refractivity contribution in [3.05, 3.63) is 40.6 Å². The molecule has 2 amide bonds. The summed E-state index contributed by atoms with van der Waals surface area (Å²) in [6.45, 7) is 4.54. The molecule has 24 heavy (non-hydrogen) atoms. The molecule has 1 fully saturated rings. The van der Waals surface area contributed by atoms with E-state index in [0.717, 1.165) is 31.8 Å². The number of piperidine rings is 1. The van der Waals surface area contributed by atoms with Gasteiger partial charge < -0.3 is 14.8 Å². The average Bonchev–Trinajstić information content (AvgIpc) is 3.25. The van der Waals surface area contributed by atoms with Crippen molar-refractivity contribution in [2.75, 3.05) is 19.6 Å². The third-order valence-corrected chi connectivity index (χ3v) is 5.89. The maximum absolute atomic E-state index is 12.5. The molecule has 3 rings (SSSR count). The minimum absolute atomic E-state index is 0.0722. The Morgan fingerprint density at radius 3 is 3.12 bits per heavy atom. The zero-order valence-corrected chi connectivity index (χ0v) is 15.3. The fourth-order valence-electron chi connectivity index (χ4n) is 3.29. The molecule has 2 aromatic rings. The van der Waals surface area contributed by atoms with Gasteiger partial charge in [-0.3, -0.25) is 0 Å². The number of thiophene rings is 1. The first-order valence-corrected chi connectivity index (χ1v) is 9.54. The van der Waals surface area contributed by atoms with Crippen LogP contribution in [0.3, 0.4) is 0 Å². The van der Waals surface area contributed by atoms with E-state index in [9.17, 15) is 4.79 Å². The number of likely N-dealkylation sites (tertiary alicyclic amines) is 1. The molecule has 2 atom stereocenters. The topological polar surface area (TPSA) is 50.2 Å². The van der Waals surface area contributed by atoms with Crippen molar-refractivity contribution in [2.24, 2.45) is 13.0 Å². The molecular formula is C18H26N4OS. The third kappa shape index (κ3) is 4.17. The highest BCUT2D eigenvalue weighted by Crippen LogP contribution is 2.22. The fourth-order valence-corrected chi connectivity index (χ4v) is 4.08. The summed E-state index contributed by atoms with van der Waals surface area (Å²) in [5.74, 6) is 1.97. The van der Waals surface area contributed by atoms with Crippen LogP contribution in [0.25, 0.3) is 0 Å². The Balaban J connectivity index is 1.49. The van der Waals surface area contributed by atoms with E-state index >= 15 is 0 Å². The molecule has 2 unspecified atom stereocenters. The molecular weight excluding hydrogens is 320 g/mol. The molecule has 0 aromatic carbocycles. The smallest absolute Gasteiger partial charge is 0.317 e. The molecule has 0 aliphatic carbocycles. The van der Waals surface area contributed by atoms with Gasteiger partial charge in [-0.05, 0) is 30.2 Å². The molecule has 0 radical (unpaired) electrons. The van der Waals surface area contributed by atoms with Gasteiger partial charge in [-0.2, -0.15) is 0 Å². The zero-order valence-electron chi connectivity index (χ0n) is 14.4. The number of aromatic nitrogens is 2. The number of amides is 2. The lowest BCUT2D eigenvalue weighted by molar-refractivity contribution is 0.164. The first-order chi connectivity index (χ1) is 11.6. The summed E-state index contributed by atoms with van der Waals surface area (Å²) in [7, 11) is 2.03. The van der Waals surface area contributed by atoms with E-state index < -0.39 is 0 Å². The Hall–Kier alpha value is -1.82. The van der Waals surface area contributed by atoms with E-state index in [1.807, 2.05) is 24.3 Å². The Labute approximate surface area is 147 Å². The minimum atomic E-state index is 0.0722. The Morgan fingerprint density at radius 1 is 1.54 bits per heavy atom. The molecule has 130 valence electrons. The number of urea groups is 1. The summed E-state index contributed by atoms with van der Waals surface area (Å²) in [4.78, 5) is 20.2. The minimum Gasteiger partial charge on any atom is -0.338 e. The molecule has 2 aromatic heterocycles. The lowest BCUT2D eigenvalue weighted by Gasteiger charge is -2.33. The molecule has 0 saturated carbocycles. The van der Waals surface area contributed by atoms with Gasteiger partial charge >= 0.3 is 6.03 Å². The van der Waals surface area contributed by atoms with Crippen LogP contribution >= 0.6 is 11.3 Å². The Kier molecular flexibility index (Phi) is 5.56. The van der Waals surface area contributed by atoms with Crippen molar-refractivity contribution in [1.82, 2.24) is 19.8 Å². The first kappa shape index (κ1) is 17.0. The SMILES string of the molecule is CC(CNC(=O)N1CCCC(Cc2nccn2C)C1)c1cccs1.